The maximum atomic E-state index is 12.9. The Morgan fingerprint density at radius 1 is 1.47 bits per heavy atom. The van der Waals surface area contributed by atoms with Gasteiger partial charge in [-0.2, -0.15) is 0 Å². The van der Waals surface area contributed by atoms with Crippen molar-refractivity contribution in [1.29, 1.82) is 0 Å². The van der Waals surface area contributed by atoms with Crippen molar-refractivity contribution in [1.82, 2.24) is 0 Å². The average Bonchev–Trinajstić information content (AvgIpc) is 2.37. The maximum absolute atomic E-state index is 12.9. The molecule has 0 bridgehead atoms. The maximum Gasteiger partial charge on any atom is 0.270 e. The smallest absolute Gasteiger partial charge is 0.270 e. The third-order valence-electron chi connectivity index (χ3n) is 2.81. The minimum absolute atomic E-state index is 0.0531. The van der Waals surface area contributed by atoms with Crippen molar-refractivity contribution in [2.45, 2.75) is 32.2 Å². The number of aliphatic hydroxyl groups excluding tert-OH is 1. The first-order valence-corrected chi connectivity index (χ1v) is 5.93. The molecule has 7 heteroatoms. The van der Waals surface area contributed by atoms with Gasteiger partial charge in [0.05, 0.1) is 4.92 Å². The van der Waals surface area contributed by atoms with Crippen LogP contribution in [0, 0.1) is 10.1 Å². The molecule has 5 nitrogen and oxygen atoms in total. The number of rotatable bonds is 7. The molecule has 1 rings (SSSR count). The third kappa shape index (κ3) is 4.13. The van der Waals surface area contributed by atoms with Gasteiger partial charge in [0, 0.05) is 36.0 Å². The van der Waals surface area contributed by atoms with Gasteiger partial charge in [0.2, 0.25) is 0 Å². The van der Waals surface area contributed by atoms with Gasteiger partial charge in [-0.05, 0) is 18.9 Å². The number of non-ortho nitro benzene ring substituents is 1. The molecule has 0 aliphatic rings. The summed E-state index contributed by atoms with van der Waals surface area (Å²) in [6, 6.07) is 3.18. The first kappa shape index (κ1) is 15.3. The van der Waals surface area contributed by atoms with E-state index in [2.05, 4.69) is 5.32 Å². The molecule has 0 saturated carbocycles. The fourth-order valence-corrected chi connectivity index (χ4v) is 1.73. The normalized spacial score (nSPS) is 12.5. The highest BCUT2D eigenvalue weighted by molar-refractivity contribution is 5.57. The summed E-state index contributed by atoms with van der Waals surface area (Å²) >= 11 is 0. The second-order valence-corrected chi connectivity index (χ2v) is 4.09. The molecule has 1 aromatic carbocycles. The number of nitrogens with one attached hydrogen (secondary N) is 1. The fraction of sp³-hybridized carbons (Fsp3) is 0.500. The van der Waals surface area contributed by atoms with E-state index < -0.39 is 16.9 Å². The lowest BCUT2D eigenvalue weighted by molar-refractivity contribution is -0.385. The molecule has 106 valence electrons. The summed E-state index contributed by atoms with van der Waals surface area (Å²) in [4.78, 5) is 9.87. The van der Waals surface area contributed by atoms with E-state index in [1.54, 1.807) is 0 Å². The summed E-state index contributed by atoms with van der Waals surface area (Å²) in [7, 11) is 0. The summed E-state index contributed by atoms with van der Waals surface area (Å²) in [5.74, 6) is 0. The van der Waals surface area contributed by atoms with Gasteiger partial charge in [0.25, 0.3) is 12.1 Å². The Kier molecular flexibility index (Phi) is 5.62. The van der Waals surface area contributed by atoms with E-state index in [-0.39, 0.29) is 24.0 Å². The highest BCUT2D eigenvalue weighted by atomic mass is 19.3. The second-order valence-electron chi connectivity index (χ2n) is 4.09. The van der Waals surface area contributed by atoms with Crippen LogP contribution in [-0.4, -0.2) is 22.7 Å². The molecule has 1 atom stereocenters. The number of hydrogen-bond donors (Lipinski definition) is 2. The molecule has 0 aromatic heterocycles. The molecular weight excluding hydrogens is 258 g/mol. The number of anilines is 1. The van der Waals surface area contributed by atoms with Gasteiger partial charge < -0.3 is 10.4 Å². The van der Waals surface area contributed by atoms with Crippen LogP contribution in [0.2, 0.25) is 0 Å². The lowest BCUT2D eigenvalue weighted by Gasteiger charge is -2.19. The average molecular weight is 274 g/mol. The van der Waals surface area contributed by atoms with Crippen molar-refractivity contribution in [3.05, 3.63) is 33.9 Å². The summed E-state index contributed by atoms with van der Waals surface area (Å²) in [6.07, 6.45) is -1.72. The SMILES string of the molecule is CCC(CCO)Nc1ccc([N+](=O)[O-])cc1C(F)F. The van der Waals surface area contributed by atoms with E-state index in [1.165, 1.54) is 12.1 Å². The van der Waals surface area contributed by atoms with E-state index >= 15 is 0 Å². The van der Waals surface area contributed by atoms with E-state index in [9.17, 15) is 18.9 Å². The Morgan fingerprint density at radius 3 is 2.63 bits per heavy atom. The molecular formula is C12H16F2N2O3. The Bertz CT molecular complexity index is 441. The number of nitro groups is 1. The van der Waals surface area contributed by atoms with Crippen LogP contribution in [0.3, 0.4) is 0 Å². The zero-order valence-corrected chi connectivity index (χ0v) is 10.5. The summed E-state index contributed by atoms with van der Waals surface area (Å²) in [6.45, 7) is 1.81. The van der Waals surface area contributed by atoms with Gasteiger partial charge in [-0.25, -0.2) is 8.78 Å². The summed E-state index contributed by atoms with van der Waals surface area (Å²) < 4.78 is 25.8. The standard InChI is InChI=1S/C12H16F2N2O3/c1-2-8(5-6-17)15-11-4-3-9(16(18)19)7-10(11)12(13)14/h3-4,7-8,12,15,17H,2,5-6H2,1H3. The highest BCUT2D eigenvalue weighted by Gasteiger charge is 2.19. The van der Waals surface area contributed by atoms with Gasteiger partial charge >= 0.3 is 0 Å². The van der Waals surface area contributed by atoms with Gasteiger partial charge in [-0.15, -0.1) is 0 Å². The van der Waals surface area contributed by atoms with Crippen molar-refractivity contribution < 1.29 is 18.8 Å². The number of halogens is 2. The largest absolute Gasteiger partial charge is 0.396 e. The number of benzene rings is 1. The lowest BCUT2D eigenvalue weighted by atomic mass is 10.1. The zero-order valence-electron chi connectivity index (χ0n) is 10.5. The van der Waals surface area contributed by atoms with Gasteiger partial charge in [-0.3, -0.25) is 10.1 Å². The molecule has 1 unspecified atom stereocenters. The molecule has 0 heterocycles. The van der Waals surface area contributed by atoms with Crippen LogP contribution in [0.4, 0.5) is 20.2 Å². The fourth-order valence-electron chi connectivity index (χ4n) is 1.73. The Balaban J connectivity index is 3.02. The lowest BCUT2D eigenvalue weighted by Crippen LogP contribution is -2.20. The molecule has 0 amide bonds. The van der Waals surface area contributed by atoms with Crippen molar-refractivity contribution in [3.63, 3.8) is 0 Å². The molecule has 0 aliphatic heterocycles. The zero-order chi connectivity index (χ0) is 14.4. The van der Waals surface area contributed by atoms with Crippen LogP contribution >= 0.6 is 0 Å². The van der Waals surface area contributed by atoms with Crippen LogP contribution in [0.25, 0.3) is 0 Å². The molecule has 0 saturated heterocycles. The van der Waals surface area contributed by atoms with Crippen molar-refractivity contribution in [3.8, 4) is 0 Å². The molecule has 0 aliphatic carbocycles. The predicted octanol–water partition coefficient (Wildman–Crippen LogP) is 3.11. The number of hydrogen-bond acceptors (Lipinski definition) is 4. The van der Waals surface area contributed by atoms with E-state index in [1.807, 2.05) is 6.92 Å². The molecule has 0 radical (unpaired) electrons. The highest BCUT2D eigenvalue weighted by Crippen LogP contribution is 2.31. The van der Waals surface area contributed by atoms with Crippen LogP contribution < -0.4 is 5.32 Å². The molecule has 2 N–H and O–H groups in total. The van der Waals surface area contributed by atoms with E-state index in [4.69, 9.17) is 5.11 Å². The van der Waals surface area contributed by atoms with Crippen LogP contribution in [0.15, 0.2) is 18.2 Å². The van der Waals surface area contributed by atoms with Gasteiger partial charge in [0.1, 0.15) is 0 Å². The van der Waals surface area contributed by atoms with Crippen molar-refractivity contribution in [2.24, 2.45) is 0 Å². The first-order valence-electron chi connectivity index (χ1n) is 5.93. The number of alkyl halides is 2. The minimum Gasteiger partial charge on any atom is -0.396 e. The monoisotopic (exact) mass is 274 g/mol. The van der Waals surface area contributed by atoms with Gasteiger partial charge in [0.15, 0.2) is 0 Å². The minimum atomic E-state index is -2.80. The molecule has 0 fully saturated rings. The molecule has 1 aromatic rings. The van der Waals surface area contributed by atoms with Crippen LogP contribution in [0.5, 0.6) is 0 Å². The van der Waals surface area contributed by atoms with Gasteiger partial charge in [-0.1, -0.05) is 6.92 Å². The first-order chi connectivity index (χ1) is 8.99. The van der Waals surface area contributed by atoms with Crippen LogP contribution in [0.1, 0.15) is 31.8 Å². The Hall–Kier alpha value is -1.76. The van der Waals surface area contributed by atoms with E-state index in [0.29, 0.717) is 12.8 Å². The predicted molar refractivity (Wildman–Crippen MR) is 67.5 cm³/mol. The van der Waals surface area contributed by atoms with Crippen LogP contribution in [-0.2, 0) is 0 Å². The number of aliphatic hydroxyl groups is 1. The van der Waals surface area contributed by atoms with E-state index in [0.717, 1.165) is 6.07 Å². The molecule has 19 heavy (non-hydrogen) atoms. The topological polar surface area (TPSA) is 75.4 Å². The Labute approximate surface area is 109 Å². The summed E-state index contributed by atoms with van der Waals surface area (Å²) in [5, 5.41) is 22.3. The number of nitrogens with zero attached hydrogens (tertiary/aromatic N) is 1. The Morgan fingerprint density at radius 2 is 2.16 bits per heavy atom. The number of nitro benzene ring substituents is 1. The van der Waals surface area contributed by atoms with Crippen molar-refractivity contribution in [2.75, 3.05) is 11.9 Å². The quantitative estimate of drug-likeness (QED) is 0.591. The molecule has 0 spiro atoms. The third-order valence-corrected chi connectivity index (χ3v) is 2.81. The second kappa shape index (κ2) is 6.98. The summed E-state index contributed by atoms with van der Waals surface area (Å²) in [5.41, 5.74) is -0.595. The van der Waals surface area contributed by atoms with Crippen molar-refractivity contribution >= 4 is 11.4 Å².